The van der Waals surface area contributed by atoms with Gasteiger partial charge in [0, 0.05) is 0 Å². The highest BCUT2D eigenvalue weighted by Crippen LogP contribution is 2.33. The van der Waals surface area contributed by atoms with Gasteiger partial charge in [-0.15, -0.1) is 0 Å². The number of carbonyl (C=O) groups is 1. The number of methoxy groups -OCH3 is 1. The van der Waals surface area contributed by atoms with E-state index in [1.165, 1.54) is 7.11 Å². The van der Waals surface area contributed by atoms with Crippen LogP contribution in [-0.4, -0.2) is 18.2 Å². The second-order valence-electron chi connectivity index (χ2n) is 3.27. The van der Waals surface area contributed by atoms with Crippen molar-refractivity contribution in [2.45, 2.75) is 6.92 Å². The van der Waals surface area contributed by atoms with Crippen LogP contribution in [0.4, 0.5) is 0 Å². The Morgan fingerprint density at radius 2 is 2.20 bits per heavy atom. The lowest BCUT2D eigenvalue weighted by atomic mass is 10.2. The lowest BCUT2D eigenvalue weighted by Crippen LogP contribution is -1.96. The molecule has 0 saturated carbocycles. The van der Waals surface area contributed by atoms with Gasteiger partial charge in [-0.1, -0.05) is 6.07 Å². The van der Waals surface area contributed by atoms with Crippen molar-refractivity contribution < 1.29 is 19.1 Å². The molecular formula is C11H10O4. The van der Waals surface area contributed by atoms with Crippen molar-refractivity contribution >= 4 is 16.9 Å². The van der Waals surface area contributed by atoms with Gasteiger partial charge in [-0.05, 0) is 24.6 Å². The molecule has 0 unspecified atom stereocenters. The van der Waals surface area contributed by atoms with Crippen LogP contribution in [0.3, 0.4) is 0 Å². The van der Waals surface area contributed by atoms with E-state index in [4.69, 9.17) is 14.3 Å². The first kappa shape index (κ1) is 9.58. The van der Waals surface area contributed by atoms with Crippen molar-refractivity contribution in [3.8, 4) is 5.75 Å². The molecule has 0 amide bonds. The molecular weight excluding hydrogens is 196 g/mol. The summed E-state index contributed by atoms with van der Waals surface area (Å²) in [4.78, 5) is 10.9. The van der Waals surface area contributed by atoms with Crippen LogP contribution in [0, 0.1) is 6.92 Å². The summed E-state index contributed by atoms with van der Waals surface area (Å²) in [5.41, 5.74) is 1.54. The van der Waals surface area contributed by atoms with Crippen molar-refractivity contribution in [1.82, 2.24) is 0 Å². The van der Waals surface area contributed by atoms with E-state index in [2.05, 4.69) is 0 Å². The van der Waals surface area contributed by atoms with Crippen molar-refractivity contribution in [2.75, 3.05) is 7.11 Å². The van der Waals surface area contributed by atoms with Gasteiger partial charge in [0.05, 0.1) is 12.5 Å². The number of hydrogen-bond donors (Lipinski definition) is 1. The maximum Gasteiger partial charge on any atom is 0.375 e. The van der Waals surface area contributed by atoms with Gasteiger partial charge in [-0.3, -0.25) is 0 Å². The molecule has 2 rings (SSSR count). The van der Waals surface area contributed by atoms with Crippen molar-refractivity contribution in [2.24, 2.45) is 0 Å². The van der Waals surface area contributed by atoms with E-state index < -0.39 is 5.97 Å². The largest absolute Gasteiger partial charge is 0.492 e. The van der Waals surface area contributed by atoms with Crippen LogP contribution in [-0.2, 0) is 0 Å². The number of hydrogen-bond acceptors (Lipinski definition) is 3. The zero-order valence-corrected chi connectivity index (χ0v) is 8.40. The predicted molar refractivity (Wildman–Crippen MR) is 54.5 cm³/mol. The van der Waals surface area contributed by atoms with E-state index in [9.17, 15) is 4.79 Å². The third kappa shape index (κ3) is 1.44. The van der Waals surface area contributed by atoms with Crippen LogP contribution < -0.4 is 4.74 Å². The first-order chi connectivity index (χ1) is 7.13. The highest BCUT2D eigenvalue weighted by molar-refractivity contribution is 5.98. The third-order valence-corrected chi connectivity index (χ3v) is 2.20. The number of aryl methyl sites for hydroxylation is 1. The SMILES string of the molecule is COc1c(C(=O)O)oc2cc(C)ccc12. The second-order valence-corrected chi connectivity index (χ2v) is 3.27. The number of aromatic carboxylic acids is 1. The standard InChI is InChI=1S/C11H10O4/c1-6-3-4-7-8(5-6)15-10(11(12)13)9(7)14-2/h3-5H,1-2H3,(H,12,13). The normalized spacial score (nSPS) is 10.5. The van der Waals surface area contributed by atoms with E-state index in [0.717, 1.165) is 5.56 Å². The van der Waals surface area contributed by atoms with E-state index in [1.54, 1.807) is 12.1 Å². The van der Waals surface area contributed by atoms with Crippen LogP contribution in [0.2, 0.25) is 0 Å². The molecule has 0 aliphatic heterocycles. The maximum atomic E-state index is 10.9. The third-order valence-electron chi connectivity index (χ3n) is 2.20. The molecule has 0 radical (unpaired) electrons. The number of benzene rings is 1. The summed E-state index contributed by atoms with van der Waals surface area (Å²) in [6.45, 7) is 1.91. The molecule has 78 valence electrons. The van der Waals surface area contributed by atoms with Gasteiger partial charge in [0.25, 0.3) is 5.76 Å². The summed E-state index contributed by atoms with van der Waals surface area (Å²) < 4.78 is 10.2. The molecule has 1 heterocycles. The molecule has 4 nitrogen and oxygen atoms in total. The molecule has 0 atom stereocenters. The van der Waals surface area contributed by atoms with Gasteiger partial charge in [0.15, 0.2) is 5.75 Å². The average Bonchev–Trinajstić information content (AvgIpc) is 2.55. The minimum Gasteiger partial charge on any atom is -0.492 e. The van der Waals surface area contributed by atoms with Crippen LogP contribution in [0.15, 0.2) is 22.6 Å². The Balaban J connectivity index is 2.78. The van der Waals surface area contributed by atoms with Gasteiger partial charge in [0.2, 0.25) is 0 Å². The molecule has 0 aliphatic rings. The molecule has 0 spiro atoms. The fraction of sp³-hybridized carbons (Fsp3) is 0.182. The number of carboxylic acid groups (broad SMARTS) is 1. The number of ether oxygens (including phenoxy) is 1. The number of rotatable bonds is 2. The molecule has 1 aromatic heterocycles. The number of carboxylic acids is 1. The zero-order valence-electron chi connectivity index (χ0n) is 8.40. The van der Waals surface area contributed by atoms with Crippen molar-refractivity contribution in [3.63, 3.8) is 0 Å². The van der Waals surface area contributed by atoms with Crippen LogP contribution in [0.25, 0.3) is 11.0 Å². The smallest absolute Gasteiger partial charge is 0.375 e. The van der Waals surface area contributed by atoms with Crippen molar-refractivity contribution in [3.05, 3.63) is 29.5 Å². The van der Waals surface area contributed by atoms with E-state index in [-0.39, 0.29) is 11.5 Å². The lowest BCUT2D eigenvalue weighted by Gasteiger charge is -1.96. The van der Waals surface area contributed by atoms with Crippen molar-refractivity contribution in [1.29, 1.82) is 0 Å². The highest BCUT2D eigenvalue weighted by Gasteiger charge is 2.20. The summed E-state index contributed by atoms with van der Waals surface area (Å²) >= 11 is 0. The summed E-state index contributed by atoms with van der Waals surface area (Å²) in [5.74, 6) is -1.00. The molecule has 0 bridgehead atoms. The number of furan rings is 1. The zero-order chi connectivity index (χ0) is 11.0. The van der Waals surface area contributed by atoms with Gasteiger partial charge in [-0.2, -0.15) is 0 Å². The Morgan fingerprint density at radius 3 is 2.80 bits per heavy atom. The van der Waals surface area contributed by atoms with Gasteiger partial charge in [-0.25, -0.2) is 4.79 Å². The molecule has 1 aromatic carbocycles. The van der Waals surface area contributed by atoms with E-state index in [0.29, 0.717) is 11.0 Å². The fourth-order valence-corrected chi connectivity index (χ4v) is 1.52. The number of fused-ring (bicyclic) bond motifs is 1. The quantitative estimate of drug-likeness (QED) is 0.819. The minimum atomic E-state index is -1.12. The van der Waals surface area contributed by atoms with Gasteiger partial charge < -0.3 is 14.3 Å². The summed E-state index contributed by atoms with van der Waals surface area (Å²) in [6.07, 6.45) is 0. The second kappa shape index (κ2) is 3.31. The summed E-state index contributed by atoms with van der Waals surface area (Å²) in [6, 6.07) is 5.45. The van der Waals surface area contributed by atoms with Gasteiger partial charge >= 0.3 is 5.97 Å². The topological polar surface area (TPSA) is 59.7 Å². The average molecular weight is 206 g/mol. The summed E-state index contributed by atoms with van der Waals surface area (Å²) in [5, 5.41) is 9.57. The maximum absolute atomic E-state index is 10.9. The van der Waals surface area contributed by atoms with E-state index in [1.807, 2.05) is 13.0 Å². The fourth-order valence-electron chi connectivity index (χ4n) is 1.52. The highest BCUT2D eigenvalue weighted by atomic mass is 16.5. The molecule has 0 fully saturated rings. The van der Waals surface area contributed by atoms with Crippen LogP contribution in [0.5, 0.6) is 5.75 Å². The molecule has 1 N–H and O–H groups in total. The lowest BCUT2D eigenvalue weighted by molar-refractivity contribution is 0.0660. The molecule has 0 saturated heterocycles. The van der Waals surface area contributed by atoms with Gasteiger partial charge in [0.1, 0.15) is 5.58 Å². The Labute approximate surface area is 86.1 Å². The van der Waals surface area contributed by atoms with E-state index >= 15 is 0 Å². The Kier molecular flexibility index (Phi) is 2.11. The molecule has 2 aromatic rings. The Morgan fingerprint density at radius 1 is 1.47 bits per heavy atom. The summed E-state index contributed by atoms with van der Waals surface area (Å²) in [7, 11) is 1.43. The molecule has 0 aliphatic carbocycles. The first-order valence-electron chi connectivity index (χ1n) is 4.44. The predicted octanol–water partition coefficient (Wildman–Crippen LogP) is 2.45. The Hall–Kier alpha value is -1.97. The monoisotopic (exact) mass is 206 g/mol. The Bertz CT molecular complexity index is 525. The first-order valence-corrected chi connectivity index (χ1v) is 4.44. The van der Waals surface area contributed by atoms with Crippen LogP contribution >= 0.6 is 0 Å². The molecule has 15 heavy (non-hydrogen) atoms. The van der Waals surface area contributed by atoms with Crippen LogP contribution in [0.1, 0.15) is 16.1 Å². The minimum absolute atomic E-state index is 0.155. The molecule has 4 heteroatoms.